The molecule has 3 heterocycles. The number of benzene rings is 2. The molecule has 0 bridgehead atoms. The Bertz CT molecular complexity index is 1720. The normalized spacial score (nSPS) is 18.9. The summed E-state index contributed by atoms with van der Waals surface area (Å²) in [5, 5.41) is 25.0. The molecule has 8 rings (SSSR count). The molecule has 3 fully saturated rings. The van der Waals surface area contributed by atoms with Crippen LogP contribution in [0.2, 0.25) is 0 Å². The van der Waals surface area contributed by atoms with Crippen molar-refractivity contribution in [2.75, 3.05) is 0 Å². The Kier molecular flexibility index (Phi) is 8.12. The van der Waals surface area contributed by atoms with E-state index in [-0.39, 0.29) is 0 Å². The highest BCUT2D eigenvalue weighted by atomic mass is 15.5. The molecule has 8 heteroatoms. The number of tetrazole rings is 1. The van der Waals surface area contributed by atoms with Crippen LogP contribution in [0.25, 0.3) is 33.5 Å². The molecule has 3 aromatic heterocycles. The van der Waals surface area contributed by atoms with Crippen molar-refractivity contribution < 1.29 is 0 Å². The predicted octanol–water partition coefficient (Wildman–Crippen LogP) is 8.86. The van der Waals surface area contributed by atoms with E-state index in [0.29, 0.717) is 23.6 Å². The molecule has 0 aliphatic heterocycles. The molecule has 232 valence electrons. The van der Waals surface area contributed by atoms with Gasteiger partial charge in [0.25, 0.3) is 0 Å². The second-order valence-corrected chi connectivity index (χ2v) is 13.7. The Labute approximate surface area is 265 Å². The fourth-order valence-corrected chi connectivity index (χ4v) is 8.42. The second kappa shape index (κ2) is 12.8. The molecule has 1 N–H and O–H groups in total. The molecule has 0 unspecified atom stereocenters. The highest BCUT2D eigenvalue weighted by molar-refractivity contribution is 5.82. The number of H-pyrrole nitrogens is 1. The lowest BCUT2D eigenvalue weighted by atomic mass is 9.84. The van der Waals surface area contributed by atoms with Crippen LogP contribution < -0.4 is 0 Å². The molecule has 5 aromatic rings. The molecule has 3 saturated carbocycles. The van der Waals surface area contributed by atoms with Gasteiger partial charge in [0.15, 0.2) is 0 Å². The van der Waals surface area contributed by atoms with Crippen LogP contribution in [0.3, 0.4) is 0 Å². The molecular weight excluding hydrogens is 556 g/mol. The third-order valence-corrected chi connectivity index (χ3v) is 10.8. The number of hydrogen-bond donors (Lipinski definition) is 1. The Morgan fingerprint density at radius 2 is 1.22 bits per heavy atom. The second-order valence-electron chi connectivity index (χ2n) is 13.7. The summed E-state index contributed by atoms with van der Waals surface area (Å²) in [6.45, 7) is 0.810. The number of imidazole rings is 1. The lowest BCUT2D eigenvalue weighted by Crippen LogP contribution is -2.16. The minimum absolute atomic E-state index is 0.479. The summed E-state index contributed by atoms with van der Waals surface area (Å²) in [6.07, 6.45) is 19.1. The van der Waals surface area contributed by atoms with Gasteiger partial charge in [-0.3, -0.25) is 0 Å². The molecule has 3 aliphatic rings. The summed E-state index contributed by atoms with van der Waals surface area (Å²) < 4.78 is 2.60. The number of nitrogens with zero attached hydrogens (tertiary/aromatic N) is 7. The Balaban J connectivity index is 1.22. The number of aromatic amines is 1. The van der Waals surface area contributed by atoms with E-state index in [1.165, 1.54) is 130 Å². The van der Waals surface area contributed by atoms with Crippen LogP contribution in [0.4, 0.5) is 0 Å². The van der Waals surface area contributed by atoms with Crippen LogP contribution in [-0.4, -0.2) is 40.4 Å². The SMILES string of the molecule is c1ccc(-c2nn[nH]n2)c(-c2ccc(Cn3c(C4CCCCC4)nc4c(C5CCCCC5)nnc(C5CCCCC5)c43)cc2)c1. The maximum absolute atomic E-state index is 5.61. The molecule has 0 saturated heterocycles. The molecule has 0 spiro atoms. The van der Waals surface area contributed by atoms with E-state index >= 15 is 0 Å². The maximum Gasteiger partial charge on any atom is 0.205 e. The number of rotatable bonds is 7. The minimum Gasteiger partial charge on any atom is -0.322 e. The standard InChI is InChI=1S/C37H44N8/c1-4-12-27(13-5-1)32-34-35(33(40-39-32)28-14-6-2-7-15-28)45(37(38-34)29-16-8-3-9-17-29)24-25-20-22-26(23-21-25)30-18-10-11-19-31(30)36-41-43-44-42-36/h10-11,18-23,27-29H,1-9,12-17,24H2,(H,41,42,43,44). The Morgan fingerprint density at radius 3 is 1.87 bits per heavy atom. The van der Waals surface area contributed by atoms with Gasteiger partial charge in [0.2, 0.25) is 5.82 Å². The summed E-state index contributed by atoms with van der Waals surface area (Å²) in [4.78, 5) is 5.61. The van der Waals surface area contributed by atoms with Gasteiger partial charge in [0.05, 0.1) is 16.9 Å². The van der Waals surface area contributed by atoms with Crippen LogP contribution in [0.15, 0.2) is 48.5 Å². The van der Waals surface area contributed by atoms with E-state index < -0.39 is 0 Å². The number of nitrogens with one attached hydrogen (secondary N) is 1. The fourth-order valence-electron chi connectivity index (χ4n) is 8.42. The lowest BCUT2D eigenvalue weighted by molar-refractivity contribution is 0.418. The topological polar surface area (TPSA) is 98.1 Å². The van der Waals surface area contributed by atoms with Crippen molar-refractivity contribution >= 4 is 11.0 Å². The van der Waals surface area contributed by atoms with E-state index in [1.807, 2.05) is 6.07 Å². The lowest BCUT2D eigenvalue weighted by Gasteiger charge is -2.25. The van der Waals surface area contributed by atoms with E-state index in [2.05, 4.69) is 67.7 Å². The molecule has 8 nitrogen and oxygen atoms in total. The van der Waals surface area contributed by atoms with Gasteiger partial charge in [0.1, 0.15) is 11.3 Å². The average Bonchev–Trinajstić information content (AvgIpc) is 3.79. The summed E-state index contributed by atoms with van der Waals surface area (Å²) in [5.74, 6) is 3.36. The number of fused-ring (bicyclic) bond motifs is 1. The van der Waals surface area contributed by atoms with Crippen LogP contribution in [0, 0.1) is 0 Å². The van der Waals surface area contributed by atoms with E-state index in [4.69, 9.17) is 15.2 Å². The first-order valence-electron chi connectivity index (χ1n) is 17.5. The van der Waals surface area contributed by atoms with E-state index in [0.717, 1.165) is 23.2 Å². The highest BCUT2D eigenvalue weighted by Gasteiger charge is 2.31. The number of hydrogen-bond acceptors (Lipinski definition) is 6. The van der Waals surface area contributed by atoms with Crippen molar-refractivity contribution in [2.45, 2.75) is 121 Å². The minimum atomic E-state index is 0.479. The van der Waals surface area contributed by atoms with Crippen molar-refractivity contribution in [1.29, 1.82) is 0 Å². The average molecular weight is 601 g/mol. The van der Waals surface area contributed by atoms with Crippen LogP contribution >= 0.6 is 0 Å². The zero-order valence-corrected chi connectivity index (χ0v) is 26.3. The monoisotopic (exact) mass is 600 g/mol. The van der Waals surface area contributed by atoms with Gasteiger partial charge in [-0.25, -0.2) is 4.98 Å². The van der Waals surface area contributed by atoms with Crippen molar-refractivity contribution in [1.82, 2.24) is 40.4 Å². The van der Waals surface area contributed by atoms with Crippen LogP contribution in [0.5, 0.6) is 0 Å². The van der Waals surface area contributed by atoms with Gasteiger partial charge in [-0.2, -0.15) is 15.4 Å². The predicted molar refractivity (Wildman–Crippen MR) is 177 cm³/mol. The van der Waals surface area contributed by atoms with Crippen molar-refractivity contribution in [3.05, 3.63) is 71.3 Å². The zero-order chi connectivity index (χ0) is 30.0. The fraction of sp³-hybridized carbons (Fsp3) is 0.514. The first-order chi connectivity index (χ1) is 22.3. The molecule has 45 heavy (non-hydrogen) atoms. The van der Waals surface area contributed by atoms with Gasteiger partial charge >= 0.3 is 0 Å². The molecule has 2 aromatic carbocycles. The molecular formula is C37H44N8. The van der Waals surface area contributed by atoms with Crippen molar-refractivity contribution in [2.24, 2.45) is 0 Å². The van der Waals surface area contributed by atoms with Crippen LogP contribution in [-0.2, 0) is 6.54 Å². The smallest absolute Gasteiger partial charge is 0.205 e. The first-order valence-corrected chi connectivity index (χ1v) is 17.5. The van der Waals surface area contributed by atoms with Crippen LogP contribution in [0.1, 0.15) is 137 Å². The van der Waals surface area contributed by atoms with E-state index in [9.17, 15) is 0 Å². The highest BCUT2D eigenvalue weighted by Crippen LogP contribution is 2.42. The molecule has 3 aliphatic carbocycles. The van der Waals surface area contributed by atoms with Gasteiger partial charge in [0, 0.05) is 29.9 Å². The third-order valence-electron chi connectivity index (χ3n) is 10.8. The van der Waals surface area contributed by atoms with E-state index in [1.54, 1.807) is 0 Å². The quantitative estimate of drug-likeness (QED) is 0.200. The van der Waals surface area contributed by atoms with Gasteiger partial charge < -0.3 is 4.57 Å². The number of aromatic nitrogens is 8. The first kappa shape index (κ1) is 28.5. The van der Waals surface area contributed by atoms with Crippen molar-refractivity contribution in [3.63, 3.8) is 0 Å². The third kappa shape index (κ3) is 5.68. The van der Waals surface area contributed by atoms with Gasteiger partial charge in [-0.1, -0.05) is 106 Å². The van der Waals surface area contributed by atoms with Crippen molar-refractivity contribution in [3.8, 4) is 22.5 Å². The zero-order valence-electron chi connectivity index (χ0n) is 26.3. The summed E-state index contributed by atoms with van der Waals surface area (Å²) in [7, 11) is 0. The largest absolute Gasteiger partial charge is 0.322 e. The summed E-state index contributed by atoms with van der Waals surface area (Å²) in [5.41, 5.74) is 9.37. The molecule has 0 radical (unpaired) electrons. The summed E-state index contributed by atoms with van der Waals surface area (Å²) >= 11 is 0. The van der Waals surface area contributed by atoms with Gasteiger partial charge in [-0.05, 0) is 60.4 Å². The Hall–Kier alpha value is -3.94. The summed E-state index contributed by atoms with van der Waals surface area (Å²) in [6, 6.07) is 17.3. The maximum atomic E-state index is 5.61. The van der Waals surface area contributed by atoms with Gasteiger partial charge in [-0.15, -0.1) is 10.2 Å². The Morgan fingerprint density at radius 1 is 0.622 bits per heavy atom. The molecule has 0 atom stereocenters. The molecule has 0 amide bonds.